The Bertz CT molecular complexity index is 333. The standard InChI is InChI=1S/C15H24O4/c1-3-11-12(15(17)18-4-2)13(19-14(11)16)10-8-6-5-7-9-10/h10-13H,3-9H2,1-2H3/t11-,12-,13+/m1/s1. The Hall–Kier alpha value is -1.06. The number of hydrogen-bond acceptors (Lipinski definition) is 4. The maximum absolute atomic E-state index is 12.2. The van der Waals surface area contributed by atoms with E-state index in [0.29, 0.717) is 18.9 Å². The monoisotopic (exact) mass is 268 g/mol. The molecule has 4 nitrogen and oxygen atoms in total. The van der Waals surface area contributed by atoms with Crippen molar-refractivity contribution >= 4 is 11.9 Å². The number of ether oxygens (including phenoxy) is 2. The summed E-state index contributed by atoms with van der Waals surface area (Å²) in [7, 11) is 0. The molecule has 1 saturated heterocycles. The first-order chi connectivity index (χ1) is 9.19. The second-order valence-electron chi connectivity index (χ2n) is 5.59. The van der Waals surface area contributed by atoms with Gasteiger partial charge in [-0.1, -0.05) is 26.2 Å². The van der Waals surface area contributed by atoms with E-state index < -0.39 is 0 Å². The molecular formula is C15H24O4. The van der Waals surface area contributed by atoms with Gasteiger partial charge in [-0.05, 0) is 32.1 Å². The van der Waals surface area contributed by atoms with Gasteiger partial charge in [0, 0.05) is 0 Å². The van der Waals surface area contributed by atoms with E-state index in [4.69, 9.17) is 9.47 Å². The second-order valence-corrected chi connectivity index (χ2v) is 5.59. The summed E-state index contributed by atoms with van der Waals surface area (Å²) in [5.74, 6) is -0.831. The molecule has 3 atom stereocenters. The Morgan fingerprint density at radius 1 is 1.26 bits per heavy atom. The zero-order chi connectivity index (χ0) is 13.8. The number of hydrogen-bond donors (Lipinski definition) is 0. The van der Waals surface area contributed by atoms with E-state index in [1.54, 1.807) is 6.92 Å². The van der Waals surface area contributed by atoms with Crippen molar-refractivity contribution in [3.05, 3.63) is 0 Å². The lowest BCUT2D eigenvalue weighted by Crippen LogP contribution is -2.36. The van der Waals surface area contributed by atoms with Crippen molar-refractivity contribution in [2.75, 3.05) is 6.61 Å². The van der Waals surface area contributed by atoms with Gasteiger partial charge in [-0.25, -0.2) is 0 Å². The molecule has 0 aromatic rings. The summed E-state index contributed by atoms with van der Waals surface area (Å²) in [6.07, 6.45) is 6.10. The number of rotatable bonds is 4. The van der Waals surface area contributed by atoms with Gasteiger partial charge in [0.05, 0.1) is 12.5 Å². The van der Waals surface area contributed by atoms with Crippen LogP contribution in [0.4, 0.5) is 0 Å². The number of carbonyl (C=O) groups excluding carboxylic acids is 2. The van der Waals surface area contributed by atoms with Crippen molar-refractivity contribution in [3.63, 3.8) is 0 Å². The van der Waals surface area contributed by atoms with Gasteiger partial charge in [0.1, 0.15) is 12.0 Å². The minimum atomic E-state index is -0.388. The highest BCUT2D eigenvalue weighted by atomic mass is 16.6. The lowest BCUT2D eigenvalue weighted by molar-refractivity contribution is -0.152. The van der Waals surface area contributed by atoms with E-state index in [2.05, 4.69) is 0 Å². The van der Waals surface area contributed by atoms with E-state index >= 15 is 0 Å². The lowest BCUT2D eigenvalue weighted by Gasteiger charge is -2.29. The Morgan fingerprint density at radius 2 is 1.95 bits per heavy atom. The van der Waals surface area contributed by atoms with Gasteiger partial charge >= 0.3 is 11.9 Å². The van der Waals surface area contributed by atoms with E-state index in [9.17, 15) is 9.59 Å². The van der Waals surface area contributed by atoms with Crippen LogP contribution in [0, 0.1) is 17.8 Å². The molecule has 0 aromatic carbocycles. The SMILES string of the molecule is CCOC(=O)[C@@H]1[C@@H](CC)C(=O)O[C@H]1C1CCCCC1. The van der Waals surface area contributed by atoms with E-state index in [1.165, 1.54) is 19.3 Å². The van der Waals surface area contributed by atoms with E-state index in [0.717, 1.165) is 12.8 Å². The van der Waals surface area contributed by atoms with Crippen molar-refractivity contribution in [3.8, 4) is 0 Å². The largest absolute Gasteiger partial charge is 0.466 e. The molecule has 1 heterocycles. The summed E-state index contributed by atoms with van der Waals surface area (Å²) in [5.41, 5.74) is 0. The third-order valence-corrected chi connectivity index (χ3v) is 4.46. The minimum absolute atomic E-state index is 0.212. The third kappa shape index (κ3) is 2.93. The van der Waals surface area contributed by atoms with Crippen LogP contribution < -0.4 is 0 Å². The van der Waals surface area contributed by atoms with Crippen molar-refractivity contribution in [1.29, 1.82) is 0 Å². The first-order valence-corrected chi connectivity index (χ1v) is 7.56. The minimum Gasteiger partial charge on any atom is -0.466 e. The van der Waals surface area contributed by atoms with Crippen molar-refractivity contribution in [2.45, 2.75) is 58.5 Å². The lowest BCUT2D eigenvalue weighted by atomic mass is 9.77. The van der Waals surface area contributed by atoms with Crippen molar-refractivity contribution in [2.24, 2.45) is 17.8 Å². The van der Waals surface area contributed by atoms with Gasteiger partial charge < -0.3 is 9.47 Å². The van der Waals surface area contributed by atoms with E-state index in [-0.39, 0.29) is 29.9 Å². The van der Waals surface area contributed by atoms with Gasteiger partial charge in [-0.15, -0.1) is 0 Å². The molecule has 1 aliphatic heterocycles. The topological polar surface area (TPSA) is 52.6 Å². The molecule has 2 fully saturated rings. The first-order valence-electron chi connectivity index (χ1n) is 7.56. The molecular weight excluding hydrogens is 244 g/mol. The highest BCUT2D eigenvalue weighted by molar-refractivity contribution is 5.85. The zero-order valence-electron chi connectivity index (χ0n) is 11.9. The van der Waals surface area contributed by atoms with Crippen LogP contribution in [0.25, 0.3) is 0 Å². The van der Waals surface area contributed by atoms with E-state index in [1.807, 2.05) is 6.92 Å². The molecule has 4 heteroatoms. The molecule has 0 spiro atoms. The highest BCUT2D eigenvalue weighted by Crippen LogP contribution is 2.40. The van der Waals surface area contributed by atoms with Crippen LogP contribution in [-0.2, 0) is 19.1 Å². The van der Waals surface area contributed by atoms with Crippen LogP contribution in [0.3, 0.4) is 0 Å². The number of carbonyl (C=O) groups is 2. The smallest absolute Gasteiger partial charge is 0.313 e. The average Bonchev–Trinajstić information content (AvgIpc) is 2.77. The summed E-state index contributed by atoms with van der Waals surface area (Å²) >= 11 is 0. The van der Waals surface area contributed by atoms with Crippen LogP contribution in [0.15, 0.2) is 0 Å². The Labute approximate surface area is 114 Å². The maximum atomic E-state index is 12.2. The summed E-state index contributed by atoms with van der Waals surface area (Å²) in [5, 5.41) is 0. The van der Waals surface area contributed by atoms with Crippen molar-refractivity contribution < 1.29 is 19.1 Å². The van der Waals surface area contributed by atoms with Crippen LogP contribution in [0.5, 0.6) is 0 Å². The first kappa shape index (κ1) is 14.4. The molecule has 1 saturated carbocycles. The zero-order valence-corrected chi connectivity index (χ0v) is 11.9. The molecule has 2 aliphatic rings. The van der Waals surface area contributed by atoms with Crippen molar-refractivity contribution in [1.82, 2.24) is 0 Å². The van der Waals surface area contributed by atoms with Gasteiger partial charge in [0.15, 0.2) is 0 Å². The predicted octanol–water partition coefficient (Wildman–Crippen LogP) is 2.70. The van der Waals surface area contributed by atoms with Crippen LogP contribution in [0.2, 0.25) is 0 Å². The molecule has 0 radical (unpaired) electrons. The fourth-order valence-electron chi connectivity index (χ4n) is 3.48. The van der Waals surface area contributed by atoms with Gasteiger partial charge in [0.2, 0.25) is 0 Å². The summed E-state index contributed by atoms with van der Waals surface area (Å²) in [4.78, 5) is 24.1. The Balaban J connectivity index is 2.14. The molecule has 0 unspecified atom stereocenters. The molecule has 0 amide bonds. The maximum Gasteiger partial charge on any atom is 0.313 e. The van der Waals surface area contributed by atoms with Crippen LogP contribution >= 0.6 is 0 Å². The quantitative estimate of drug-likeness (QED) is 0.736. The normalized spacial score (nSPS) is 32.1. The average molecular weight is 268 g/mol. The number of cyclic esters (lactones) is 1. The summed E-state index contributed by atoms with van der Waals surface area (Å²) < 4.78 is 10.7. The predicted molar refractivity (Wildman–Crippen MR) is 70.4 cm³/mol. The highest BCUT2D eigenvalue weighted by Gasteiger charge is 2.51. The van der Waals surface area contributed by atoms with Gasteiger partial charge in [0.25, 0.3) is 0 Å². The Kier molecular flexibility index (Phi) is 4.83. The molecule has 1 aliphatic carbocycles. The van der Waals surface area contributed by atoms with Gasteiger partial charge in [-0.3, -0.25) is 9.59 Å². The Morgan fingerprint density at radius 3 is 2.53 bits per heavy atom. The fourth-order valence-corrected chi connectivity index (χ4v) is 3.48. The summed E-state index contributed by atoms with van der Waals surface area (Å²) in [6.45, 7) is 4.09. The third-order valence-electron chi connectivity index (χ3n) is 4.46. The van der Waals surface area contributed by atoms with Crippen LogP contribution in [-0.4, -0.2) is 24.6 Å². The molecule has 19 heavy (non-hydrogen) atoms. The molecule has 0 N–H and O–H groups in total. The molecule has 0 aromatic heterocycles. The molecule has 2 rings (SSSR count). The second kappa shape index (κ2) is 6.40. The molecule has 108 valence electrons. The molecule has 0 bridgehead atoms. The van der Waals surface area contributed by atoms with Gasteiger partial charge in [-0.2, -0.15) is 0 Å². The summed E-state index contributed by atoms with van der Waals surface area (Å²) in [6, 6.07) is 0. The number of esters is 2. The fraction of sp³-hybridized carbons (Fsp3) is 0.867. The van der Waals surface area contributed by atoms with Crippen LogP contribution in [0.1, 0.15) is 52.4 Å².